The average Bonchev–Trinajstić information content (AvgIpc) is 3.20. The number of aromatic nitrogens is 3. The van der Waals surface area contributed by atoms with Crippen molar-refractivity contribution in [1.29, 1.82) is 0 Å². The third-order valence-corrected chi connectivity index (χ3v) is 6.52. The average molecular weight is 489 g/mol. The summed E-state index contributed by atoms with van der Waals surface area (Å²) < 4.78 is 19.7. The van der Waals surface area contributed by atoms with Crippen molar-refractivity contribution in [2.45, 2.75) is 26.5 Å². The molecule has 2 aromatic carbocycles. The Labute approximate surface area is 204 Å². The Kier molecular flexibility index (Phi) is 8.03. The number of H-pyrrole nitrogens is 1. The van der Waals surface area contributed by atoms with Crippen LogP contribution in [0.5, 0.6) is 11.5 Å². The summed E-state index contributed by atoms with van der Waals surface area (Å²) in [5, 5.41) is 8.17. The zero-order chi connectivity index (χ0) is 23.2. The van der Waals surface area contributed by atoms with E-state index in [1.54, 1.807) is 7.11 Å². The van der Waals surface area contributed by atoms with Crippen molar-refractivity contribution in [3.63, 3.8) is 0 Å². The number of benzene rings is 2. The number of hydrogen-bond donors (Lipinski definition) is 1. The van der Waals surface area contributed by atoms with Crippen LogP contribution in [0.1, 0.15) is 17.5 Å². The molecule has 1 aromatic heterocycles. The Morgan fingerprint density at radius 1 is 1.15 bits per heavy atom. The van der Waals surface area contributed by atoms with Gasteiger partial charge in [-0.25, -0.2) is 0 Å². The van der Waals surface area contributed by atoms with Crippen molar-refractivity contribution < 1.29 is 14.2 Å². The Hall–Kier alpha value is -2.39. The highest BCUT2D eigenvalue weighted by atomic mass is 35.5. The van der Waals surface area contributed by atoms with Gasteiger partial charge in [-0.1, -0.05) is 11.6 Å². The first-order chi connectivity index (χ1) is 16.0. The third-order valence-electron chi connectivity index (χ3n) is 5.78. The molecular formula is C24H29ClN4O3S. The molecule has 0 amide bonds. The molecule has 0 spiro atoms. The van der Waals surface area contributed by atoms with E-state index in [2.05, 4.69) is 19.7 Å². The van der Waals surface area contributed by atoms with Gasteiger partial charge in [0.2, 0.25) is 0 Å². The Morgan fingerprint density at radius 2 is 1.97 bits per heavy atom. The molecule has 4 rings (SSSR count). The van der Waals surface area contributed by atoms with Crippen molar-refractivity contribution in [3.8, 4) is 22.9 Å². The van der Waals surface area contributed by atoms with Gasteiger partial charge in [-0.05, 0) is 67.5 Å². The molecular weight excluding hydrogens is 460 g/mol. The summed E-state index contributed by atoms with van der Waals surface area (Å²) in [6.45, 7) is 7.71. The van der Waals surface area contributed by atoms with Gasteiger partial charge in [-0.3, -0.25) is 10.00 Å². The van der Waals surface area contributed by atoms with Crippen LogP contribution in [-0.4, -0.2) is 59.6 Å². The predicted octanol–water partition coefficient (Wildman–Crippen LogP) is 4.88. The molecule has 2 heterocycles. The lowest BCUT2D eigenvalue weighted by atomic mass is 10.1. The van der Waals surface area contributed by atoms with Crippen molar-refractivity contribution in [3.05, 3.63) is 57.3 Å². The van der Waals surface area contributed by atoms with E-state index >= 15 is 0 Å². The second-order valence-electron chi connectivity index (χ2n) is 8.04. The van der Waals surface area contributed by atoms with Crippen LogP contribution in [0.15, 0.2) is 36.4 Å². The van der Waals surface area contributed by atoms with Crippen molar-refractivity contribution >= 4 is 23.8 Å². The molecule has 9 heteroatoms. The molecule has 1 aliphatic heterocycles. The second-order valence-corrected chi connectivity index (χ2v) is 8.83. The van der Waals surface area contributed by atoms with Crippen LogP contribution in [0.4, 0.5) is 0 Å². The van der Waals surface area contributed by atoms with Gasteiger partial charge in [0.1, 0.15) is 18.1 Å². The molecule has 0 aliphatic carbocycles. The Balaban J connectivity index is 1.49. The van der Waals surface area contributed by atoms with E-state index in [4.69, 9.17) is 38.0 Å². The minimum absolute atomic E-state index is 0.361. The fourth-order valence-corrected chi connectivity index (χ4v) is 4.26. The standard InChI is InChI=1S/C24H29ClN4O3S/c1-17-14-20(5-6-21(17)25)32-16-19-15-18(4-7-22(19)30-2)23-26-27-24(33)29(23)9-3-8-28-10-12-31-13-11-28/h4-7,14-15H,3,8-13,16H2,1-2H3,(H,27,33). The summed E-state index contributed by atoms with van der Waals surface area (Å²) in [6.07, 6.45) is 0.989. The molecule has 7 nitrogen and oxygen atoms in total. The highest BCUT2D eigenvalue weighted by molar-refractivity contribution is 7.71. The van der Waals surface area contributed by atoms with E-state index in [0.717, 1.165) is 84.9 Å². The van der Waals surface area contributed by atoms with Crippen LogP contribution >= 0.6 is 23.8 Å². The first-order valence-corrected chi connectivity index (χ1v) is 11.9. The maximum absolute atomic E-state index is 6.13. The van der Waals surface area contributed by atoms with Gasteiger partial charge in [-0.2, -0.15) is 5.10 Å². The number of nitrogens with zero attached hydrogens (tertiary/aromatic N) is 3. The van der Waals surface area contributed by atoms with Gasteiger partial charge in [0.25, 0.3) is 0 Å². The summed E-state index contributed by atoms with van der Waals surface area (Å²) in [5.74, 6) is 2.33. The maximum atomic E-state index is 6.13. The number of morpholine rings is 1. The fourth-order valence-electron chi connectivity index (χ4n) is 3.92. The Morgan fingerprint density at radius 3 is 2.73 bits per heavy atom. The number of halogens is 1. The minimum Gasteiger partial charge on any atom is -0.496 e. The molecule has 1 N–H and O–H groups in total. The van der Waals surface area contributed by atoms with Gasteiger partial charge in [0, 0.05) is 42.3 Å². The predicted molar refractivity (Wildman–Crippen MR) is 132 cm³/mol. The van der Waals surface area contributed by atoms with Gasteiger partial charge in [-0.15, -0.1) is 0 Å². The number of ether oxygens (including phenoxy) is 3. The lowest BCUT2D eigenvalue weighted by Crippen LogP contribution is -2.37. The number of hydrogen-bond acceptors (Lipinski definition) is 6. The van der Waals surface area contributed by atoms with Gasteiger partial charge in [0.05, 0.1) is 20.3 Å². The van der Waals surface area contributed by atoms with Crippen LogP contribution < -0.4 is 9.47 Å². The smallest absolute Gasteiger partial charge is 0.195 e. The van der Waals surface area contributed by atoms with E-state index in [1.165, 1.54) is 0 Å². The number of nitrogens with one attached hydrogen (secondary N) is 1. The number of aryl methyl sites for hydroxylation is 1. The summed E-state index contributed by atoms with van der Waals surface area (Å²) in [5.41, 5.74) is 2.86. The van der Waals surface area contributed by atoms with E-state index in [0.29, 0.717) is 11.4 Å². The second kappa shape index (κ2) is 11.2. The SMILES string of the molecule is COc1ccc(-c2n[nH]c(=S)n2CCCN2CCOCC2)cc1COc1ccc(Cl)c(C)c1. The molecule has 0 unspecified atom stereocenters. The van der Waals surface area contributed by atoms with E-state index in [9.17, 15) is 0 Å². The first kappa shape index (κ1) is 23.8. The van der Waals surface area contributed by atoms with Gasteiger partial charge < -0.3 is 18.8 Å². The van der Waals surface area contributed by atoms with Crippen LogP contribution in [0.2, 0.25) is 5.02 Å². The third kappa shape index (κ3) is 5.95. The molecule has 1 saturated heterocycles. The monoisotopic (exact) mass is 488 g/mol. The highest BCUT2D eigenvalue weighted by Crippen LogP contribution is 2.28. The molecule has 0 atom stereocenters. The number of aromatic amines is 1. The maximum Gasteiger partial charge on any atom is 0.195 e. The Bertz CT molecular complexity index is 1140. The fraction of sp³-hybridized carbons (Fsp3) is 0.417. The van der Waals surface area contributed by atoms with Crippen molar-refractivity contribution in [2.75, 3.05) is 40.0 Å². The van der Waals surface area contributed by atoms with E-state index in [1.807, 2.05) is 43.3 Å². The molecule has 176 valence electrons. The minimum atomic E-state index is 0.361. The van der Waals surface area contributed by atoms with Gasteiger partial charge in [0.15, 0.2) is 10.6 Å². The van der Waals surface area contributed by atoms with Crippen LogP contribution in [0.3, 0.4) is 0 Å². The molecule has 0 radical (unpaired) electrons. The normalized spacial score (nSPS) is 14.4. The summed E-state index contributed by atoms with van der Waals surface area (Å²) >= 11 is 11.6. The summed E-state index contributed by atoms with van der Waals surface area (Å²) in [7, 11) is 1.66. The molecule has 0 saturated carbocycles. The summed E-state index contributed by atoms with van der Waals surface area (Å²) in [6, 6.07) is 11.6. The molecule has 3 aromatic rings. The molecule has 1 aliphatic rings. The topological polar surface area (TPSA) is 64.5 Å². The number of methoxy groups -OCH3 is 1. The first-order valence-electron chi connectivity index (χ1n) is 11.1. The number of rotatable bonds is 9. The zero-order valence-electron chi connectivity index (χ0n) is 19.0. The molecule has 1 fully saturated rings. The molecule has 33 heavy (non-hydrogen) atoms. The largest absolute Gasteiger partial charge is 0.496 e. The van der Waals surface area contributed by atoms with Crippen LogP contribution in [0, 0.1) is 11.7 Å². The highest BCUT2D eigenvalue weighted by Gasteiger charge is 2.14. The lowest BCUT2D eigenvalue weighted by molar-refractivity contribution is 0.0369. The van der Waals surface area contributed by atoms with Crippen molar-refractivity contribution in [1.82, 2.24) is 19.7 Å². The lowest BCUT2D eigenvalue weighted by Gasteiger charge is -2.26. The summed E-state index contributed by atoms with van der Waals surface area (Å²) in [4.78, 5) is 2.42. The van der Waals surface area contributed by atoms with Crippen molar-refractivity contribution in [2.24, 2.45) is 0 Å². The van der Waals surface area contributed by atoms with Crippen LogP contribution in [0.25, 0.3) is 11.4 Å². The van der Waals surface area contributed by atoms with E-state index < -0.39 is 0 Å². The zero-order valence-corrected chi connectivity index (χ0v) is 20.5. The van der Waals surface area contributed by atoms with Crippen LogP contribution in [-0.2, 0) is 17.9 Å². The van der Waals surface area contributed by atoms with E-state index in [-0.39, 0.29) is 0 Å². The molecule has 0 bridgehead atoms. The quantitative estimate of drug-likeness (QED) is 0.433. The van der Waals surface area contributed by atoms with Gasteiger partial charge >= 0.3 is 0 Å².